The number of nitrogens with zero attached hydrogens (tertiary/aromatic N) is 3. The molecule has 2 heterocycles. The number of nitrogens with one attached hydrogen (secondary N) is 1. The van der Waals surface area contributed by atoms with Gasteiger partial charge in [-0.3, -0.25) is 4.79 Å². The molecule has 0 spiro atoms. The molecule has 3 aromatic rings. The molecule has 0 radical (unpaired) electrons. The van der Waals surface area contributed by atoms with E-state index in [4.69, 9.17) is 4.74 Å². The van der Waals surface area contributed by atoms with Crippen molar-refractivity contribution in [2.45, 2.75) is 33.2 Å². The third-order valence-corrected chi connectivity index (χ3v) is 4.85. The highest BCUT2D eigenvalue weighted by Crippen LogP contribution is 2.19. The molecule has 0 unspecified atom stereocenters. The molecule has 0 atom stereocenters. The lowest BCUT2D eigenvalue weighted by Crippen LogP contribution is -2.25. The summed E-state index contributed by atoms with van der Waals surface area (Å²) in [5.41, 5.74) is 2.75. The molecule has 0 saturated carbocycles. The largest absolute Gasteiger partial charge is 0.497 e. The van der Waals surface area contributed by atoms with E-state index < -0.39 is 0 Å². The molecule has 2 aromatic heterocycles. The highest BCUT2D eigenvalue weighted by atomic mass is 32.1. The van der Waals surface area contributed by atoms with E-state index in [1.165, 1.54) is 0 Å². The van der Waals surface area contributed by atoms with Crippen molar-refractivity contribution in [3.8, 4) is 5.75 Å². The molecule has 3 rings (SSSR count). The van der Waals surface area contributed by atoms with Crippen LogP contribution < -0.4 is 10.1 Å². The number of methoxy groups -OCH3 is 1. The average Bonchev–Trinajstić information content (AvgIpc) is 3.09. The molecule has 1 N–H and O–H groups in total. The fourth-order valence-electron chi connectivity index (χ4n) is 2.49. The van der Waals surface area contributed by atoms with E-state index in [1.54, 1.807) is 18.4 Å². The SMILES string of the molecule is CCc1nn2c(CNC(=O)Cc3cccc(OC)c3)c(C)nc2s1. The average molecular weight is 344 g/mol. The summed E-state index contributed by atoms with van der Waals surface area (Å²) in [5, 5.41) is 8.54. The van der Waals surface area contributed by atoms with Crippen molar-refractivity contribution < 1.29 is 9.53 Å². The number of rotatable bonds is 6. The van der Waals surface area contributed by atoms with E-state index in [0.29, 0.717) is 13.0 Å². The third-order valence-electron chi connectivity index (χ3n) is 3.79. The number of aromatic nitrogens is 3. The zero-order chi connectivity index (χ0) is 17.1. The Labute approximate surface area is 144 Å². The van der Waals surface area contributed by atoms with E-state index in [0.717, 1.165) is 39.1 Å². The van der Waals surface area contributed by atoms with Crippen molar-refractivity contribution in [2.75, 3.05) is 7.11 Å². The van der Waals surface area contributed by atoms with Crippen LogP contribution in [-0.4, -0.2) is 27.6 Å². The van der Waals surface area contributed by atoms with Crippen LogP contribution in [0.3, 0.4) is 0 Å². The number of aryl methyl sites for hydroxylation is 2. The van der Waals surface area contributed by atoms with Crippen molar-refractivity contribution in [1.29, 1.82) is 0 Å². The van der Waals surface area contributed by atoms with Crippen LogP contribution in [0, 0.1) is 6.92 Å². The van der Waals surface area contributed by atoms with E-state index in [9.17, 15) is 4.79 Å². The molecule has 0 saturated heterocycles. The molecule has 1 amide bonds. The number of fused-ring (bicyclic) bond motifs is 1. The number of carbonyl (C=O) groups is 1. The lowest BCUT2D eigenvalue weighted by molar-refractivity contribution is -0.120. The minimum Gasteiger partial charge on any atom is -0.497 e. The number of hydrogen-bond donors (Lipinski definition) is 1. The van der Waals surface area contributed by atoms with Crippen LogP contribution in [0.25, 0.3) is 4.96 Å². The number of hydrogen-bond acceptors (Lipinski definition) is 5. The molecule has 0 bridgehead atoms. The fraction of sp³-hybridized carbons (Fsp3) is 0.353. The number of benzene rings is 1. The Morgan fingerprint density at radius 3 is 3.00 bits per heavy atom. The summed E-state index contributed by atoms with van der Waals surface area (Å²) in [7, 11) is 1.62. The monoisotopic (exact) mass is 344 g/mol. The van der Waals surface area contributed by atoms with Gasteiger partial charge in [-0.2, -0.15) is 5.10 Å². The van der Waals surface area contributed by atoms with Gasteiger partial charge in [0.2, 0.25) is 10.9 Å². The normalized spacial score (nSPS) is 11.0. The zero-order valence-electron chi connectivity index (χ0n) is 14.0. The number of carbonyl (C=O) groups excluding carboxylic acids is 1. The molecular weight excluding hydrogens is 324 g/mol. The van der Waals surface area contributed by atoms with Crippen LogP contribution in [0.5, 0.6) is 5.75 Å². The minimum absolute atomic E-state index is 0.0384. The summed E-state index contributed by atoms with van der Waals surface area (Å²) < 4.78 is 7.02. The quantitative estimate of drug-likeness (QED) is 0.746. The zero-order valence-corrected chi connectivity index (χ0v) is 14.8. The van der Waals surface area contributed by atoms with Gasteiger partial charge in [-0.05, 0) is 31.0 Å². The van der Waals surface area contributed by atoms with E-state index in [-0.39, 0.29) is 5.91 Å². The Bertz CT molecular complexity index is 869. The van der Waals surface area contributed by atoms with Gasteiger partial charge in [0, 0.05) is 0 Å². The summed E-state index contributed by atoms with van der Waals surface area (Å²) >= 11 is 1.59. The highest BCUT2D eigenvalue weighted by molar-refractivity contribution is 7.16. The van der Waals surface area contributed by atoms with Crippen molar-refractivity contribution in [3.63, 3.8) is 0 Å². The molecule has 0 fully saturated rings. The van der Waals surface area contributed by atoms with Crippen LogP contribution in [-0.2, 0) is 24.2 Å². The Hall–Kier alpha value is -2.41. The highest BCUT2D eigenvalue weighted by Gasteiger charge is 2.14. The lowest BCUT2D eigenvalue weighted by atomic mass is 10.1. The maximum Gasteiger partial charge on any atom is 0.224 e. The molecule has 6 nitrogen and oxygen atoms in total. The van der Waals surface area contributed by atoms with Gasteiger partial charge in [0.1, 0.15) is 10.8 Å². The first-order valence-electron chi connectivity index (χ1n) is 7.84. The van der Waals surface area contributed by atoms with E-state index in [2.05, 4.69) is 22.3 Å². The molecule has 126 valence electrons. The Morgan fingerprint density at radius 1 is 1.42 bits per heavy atom. The standard InChI is InChI=1S/C17H20N4O2S/c1-4-16-20-21-14(11(2)19-17(21)24-16)10-18-15(22)9-12-6-5-7-13(8-12)23-3/h5-8H,4,9-10H2,1-3H3,(H,18,22). The van der Waals surface area contributed by atoms with Crippen molar-refractivity contribution in [1.82, 2.24) is 19.9 Å². The van der Waals surface area contributed by atoms with E-state index >= 15 is 0 Å². The first-order chi connectivity index (χ1) is 11.6. The Morgan fingerprint density at radius 2 is 2.25 bits per heavy atom. The van der Waals surface area contributed by atoms with Crippen LogP contribution in [0.1, 0.15) is 28.9 Å². The Balaban J connectivity index is 1.67. The first-order valence-corrected chi connectivity index (χ1v) is 8.66. The topological polar surface area (TPSA) is 68.5 Å². The number of amides is 1. The molecule has 0 aliphatic heterocycles. The second-order valence-corrected chi connectivity index (χ2v) is 6.53. The summed E-state index contributed by atoms with van der Waals surface area (Å²) in [5.74, 6) is 0.715. The molecule has 0 aliphatic rings. The Kier molecular flexibility index (Phi) is 4.80. The van der Waals surface area contributed by atoms with Gasteiger partial charge in [-0.25, -0.2) is 9.50 Å². The van der Waals surface area contributed by atoms with E-state index in [1.807, 2.05) is 35.7 Å². The van der Waals surface area contributed by atoms with Crippen LogP contribution in [0.4, 0.5) is 0 Å². The molecule has 24 heavy (non-hydrogen) atoms. The second kappa shape index (κ2) is 7.00. The van der Waals surface area contributed by atoms with Crippen LogP contribution in [0.15, 0.2) is 24.3 Å². The van der Waals surface area contributed by atoms with Gasteiger partial charge in [0.25, 0.3) is 0 Å². The van der Waals surface area contributed by atoms with Crippen molar-refractivity contribution >= 4 is 22.2 Å². The van der Waals surface area contributed by atoms with Gasteiger partial charge in [0.05, 0.1) is 31.5 Å². The first kappa shape index (κ1) is 16.4. The van der Waals surface area contributed by atoms with Gasteiger partial charge >= 0.3 is 0 Å². The van der Waals surface area contributed by atoms with Crippen molar-refractivity contribution in [2.24, 2.45) is 0 Å². The minimum atomic E-state index is -0.0384. The third kappa shape index (κ3) is 3.41. The predicted molar refractivity (Wildman–Crippen MR) is 93.5 cm³/mol. The maximum absolute atomic E-state index is 12.2. The second-order valence-electron chi connectivity index (χ2n) is 5.49. The maximum atomic E-state index is 12.2. The number of imidazole rings is 1. The molecule has 1 aromatic carbocycles. The summed E-state index contributed by atoms with van der Waals surface area (Å²) in [6, 6.07) is 7.53. The summed E-state index contributed by atoms with van der Waals surface area (Å²) in [4.78, 5) is 17.6. The van der Waals surface area contributed by atoms with Gasteiger partial charge in [-0.1, -0.05) is 30.4 Å². The number of ether oxygens (including phenoxy) is 1. The molecular formula is C17H20N4O2S. The smallest absolute Gasteiger partial charge is 0.224 e. The van der Waals surface area contributed by atoms with Gasteiger partial charge in [0.15, 0.2) is 0 Å². The predicted octanol–water partition coefficient (Wildman–Crippen LogP) is 2.53. The van der Waals surface area contributed by atoms with Gasteiger partial charge < -0.3 is 10.1 Å². The van der Waals surface area contributed by atoms with Crippen LogP contribution >= 0.6 is 11.3 Å². The summed E-state index contributed by atoms with van der Waals surface area (Å²) in [6.07, 6.45) is 1.20. The lowest BCUT2D eigenvalue weighted by Gasteiger charge is -2.06. The summed E-state index contributed by atoms with van der Waals surface area (Å²) in [6.45, 7) is 4.43. The van der Waals surface area contributed by atoms with Crippen molar-refractivity contribution in [3.05, 3.63) is 46.2 Å². The molecule has 7 heteroatoms. The van der Waals surface area contributed by atoms with Crippen LogP contribution in [0.2, 0.25) is 0 Å². The van der Waals surface area contributed by atoms with Gasteiger partial charge in [-0.15, -0.1) is 0 Å². The fourth-order valence-corrected chi connectivity index (χ4v) is 3.39. The molecule has 0 aliphatic carbocycles.